The maximum Gasteiger partial charge on any atom is 0.261 e. The van der Waals surface area contributed by atoms with Crippen molar-refractivity contribution in [3.63, 3.8) is 0 Å². The zero-order valence-corrected chi connectivity index (χ0v) is 11.9. The molecule has 2 aliphatic rings. The lowest BCUT2D eigenvalue weighted by molar-refractivity contribution is 0.0722. The molecule has 0 spiro atoms. The first-order valence-corrected chi connectivity index (χ1v) is 7.78. The second-order valence-corrected chi connectivity index (χ2v) is 5.99. The Balaban J connectivity index is 1.79. The molecule has 20 heavy (non-hydrogen) atoms. The fourth-order valence-corrected chi connectivity index (χ4v) is 3.40. The number of hydrogen-bond acceptors (Lipinski definition) is 2. The fourth-order valence-electron chi connectivity index (χ4n) is 3.40. The van der Waals surface area contributed by atoms with Crippen molar-refractivity contribution in [1.29, 1.82) is 0 Å². The van der Waals surface area contributed by atoms with Crippen LogP contribution in [0.1, 0.15) is 66.9 Å². The Morgan fingerprint density at radius 1 is 1.05 bits per heavy atom. The smallest absolute Gasteiger partial charge is 0.261 e. The first kappa shape index (κ1) is 13.4. The molecular weight excluding hydrogens is 252 g/mol. The summed E-state index contributed by atoms with van der Waals surface area (Å²) in [6.45, 7) is 1.56. The van der Waals surface area contributed by atoms with Crippen LogP contribution in [0.5, 0.6) is 0 Å². The van der Waals surface area contributed by atoms with Gasteiger partial charge in [-0.3, -0.25) is 9.59 Å². The number of likely N-dealkylation sites (tertiary alicyclic amines) is 1. The van der Waals surface area contributed by atoms with E-state index in [1.54, 1.807) is 6.07 Å². The average Bonchev–Trinajstić information content (AvgIpc) is 3.01. The first-order chi connectivity index (χ1) is 9.75. The van der Waals surface area contributed by atoms with Crippen molar-refractivity contribution in [3.05, 3.63) is 33.7 Å². The summed E-state index contributed by atoms with van der Waals surface area (Å²) in [5.41, 5.74) is 1.08. The van der Waals surface area contributed by atoms with Gasteiger partial charge in [0.2, 0.25) is 0 Å². The monoisotopic (exact) mass is 274 g/mol. The van der Waals surface area contributed by atoms with Crippen molar-refractivity contribution in [2.45, 2.75) is 50.9 Å². The Bertz CT molecular complexity index is 538. The molecule has 1 N–H and O–H groups in total. The van der Waals surface area contributed by atoms with Gasteiger partial charge in [0.25, 0.3) is 11.5 Å². The Labute approximate surface area is 119 Å². The molecule has 0 aromatic carbocycles. The molecule has 0 unspecified atom stereocenters. The van der Waals surface area contributed by atoms with Crippen molar-refractivity contribution in [2.75, 3.05) is 13.1 Å². The number of nitrogens with one attached hydrogen (secondary N) is 1. The summed E-state index contributed by atoms with van der Waals surface area (Å²) in [7, 11) is 0. The summed E-state index contributed by atoms with van der Waals surface area (Å²) in [5.74, 6) is 0.366. The molecule has 1 saturated carbocycles. The Morgan fingerprint density at radius 3 is 2.40 bits per heavy atom. The highest BCUT2D eigenvalue weighted by Gasteiger charge is 2.22. The third-order valence-electron chi connectivity index (χ3n) is 4.60. The number of hydrogen-bond donors (Lipinski definition) is 1. The van der Waals surface area contributed by atoms with Crippen molar-refractivity contribution < 1.29 is 4.79 Å². The second kappa shape index (κ2) is 5.81. The molecule has 4 heteroatoms. The standard InChI is InChI=1S/C16H22N2O2/c19-15-13(16(20)18-10-4-1-5-11-18)8-9-14(17-15)12-6-2-3-7-12/h8-9,12H,1-7,10-11H2,(H,17,19). The maximum atomic E-state index is 12.4. The molecule has 1 aromatic rings. The van der Waals surface area contributed by atoms with Gasteiger partial charge in [0.15, 0.2) is 0 Å². The van der Waals surface area contributed by atoms with Crippen LogP contribution in [0.3, 0.4) is 0 Å². The predicted octanol–water partition coefficient (Wildman–Crippen LogP) is 2.66. The number of carbonyl (C=O) groups is 1. The number of rotatable bonds is 2. The lowest BCUT2D eigenvalue weighted by atomic mass is 10.0. The molecule has 108 valence electrons. The molecule has 0 bridgehead atoms. The van der Waals surface area contributed by atoms with E-state index in [2.05, 4.69) is 4.98 Å². The molecule has 1 aliphatic carbocycles. The van der Waals surface area contributed by atoms with Gasteiger partial charge in [-0.1, -0.05) is 12.8 Å². The summed E-state index contributed by atoms with van der Waals surface area (Å²) in [5, 5.41) is 0. The molecular formula is C16H22N2O2. The van der Waals surface area contributed by atoms with E-state index in [1.165, 1.54) is 19.3 Å². The Kier molecular flexibility index (Phi) is 3.90. The van der Waals surface area contributed by atoms with Gasteiger partial charge in [0.1, 0.15) is 5.56 Å². The molecule has 0 radical (unpaired) electrons. The van der Waals surface area contributed by atoms with E-state index in [4.69, 9.17) is 0 Å². The molecule has 1 saturated heterocycles. The minimum Gasteiger partial charge on any atom is -0.338 e. The minimum atomic E-state index is -0.218. The van der Waals surface area contributed by atoms with Gasteiger partial charge < -0.3 is 9.88 Å². The average molecular weight is 274 g/mol. The highest BCUT2D eigenvalue weighted by Crippen LogP contribution is 2.32. The molecule has 1 aromatic heterocycles. The van der Waals surface area contributed by atoms with Crippen LogP contribution in [-0.4, -0.2) is 28.9 Å². The van der Waals surface area contributed by atoms with E-state index in [0.717, 1.165) is 44.5 Å². The number of aromatic nitrogens is 1. The van der Waals surface area contributed by atoms with E-state index in [9.17, 15) is 9.59 Å². The minimum absolute atomic E-state index is 0.107. The van der Waals surface area contributed by atoms with Gasteiger partial charge in [0.05, 0.1) is 0 Å². The van der Waals surface area contributed by atoms with Crippen molar-refractivity contribution >= 4 is 5.91 Å². The highest BCUT2D eigenvalue weighted by molar-refractivity contribution is 5.93. The molecule has 3 rings (SSSR count). The molecule has 2 fully saturated rings. The third-order valence-corrected chi connectivity index (χ3v) is 4.60. The van der Waals surface area contributed by atoms with Gasteiger partial charge in [0, 0.05) is 18.8 Å². The van der Waals surface area contributed by atoms with Crippen molar-refractivity contribution in [3.8, 4) is 0 Å². The van der Waals surface area contributed by atoms with E-state index in [0.29, 0.717) is 11.5 Å². The van der Waals surface area contributed by atoms with E-state index in [-0.39, 0.29) is 11.5 Å². The number of nitrogens with zero attached hydrogens (tertiary/aromatic N) is 1. The van der Waals surface area contributed by atoms with Gasteiger partial charge in [-0.05, 0) is 50.2 Å². The molecule has 2 heterocycles. The summed E-state index contributed by atoms with van der Waals surface area (Å²) >= 11 is 0. The molecule has 1 amide bonds. The van der Waals surface area contributed by atoms with Gasteiger partial charge in [-0.2, -0.15) is 0 Å². The summed E-state index contributed by atoms with van der Waals surface area (Å²) in [4.78, 5) is 29.3. The van der Waals surface area contributed by atoms with E-state index >= 15 is 0 Å². The van der Waals surface area contributed by atoms with Crippen molar-refractivity contribution in [1.82, 2.24) is 9.88 Å². The second-order valence-electron chi connectivity index (χ2n) is 5.99. The van der Waals surface area contributed by atoms with Crippen LogP contribution >= 0.6 is 0 Å². The van der Waals surface area contributed by atoms with Crippen LogP contribution in [0, 0.1) is 0 Å². The predicted molar refractivity (Wildman–Crippen MR) is 78.0 cm³/mol. The number of pyridine rings is 1. The van der Waals surface area contributed by atoms with Crippen LogP contribution in [-0.2, 0) is 0 Å². The highest BCUT2D eigenvalue weighted by atomic mass is 16.2. The van der Waals surface area contributed by atoms with Crippen LogP contribution in [0.25, 0.3) is 0 Å². The van der Waals surface area contributed by atoms with Crippen LogP contribution in [0.15, 0.2) is 16.9 Å². The number of amides is 1. The lowest BCUT2D eigenvalue weighted by Crippen LogP contribution is -2.38. The third kappa shape index (κ3) is 2.65. The largest absolute Gasteiger partial charge is 0.338 e. The molecule has 4 nitrogen and oxygen atoms in total. The molecule has 0 atom stereocenters. The van der Waals surface area contributed by atoms with Crippen molar-refractivity contribution in [2.24, 2.45) is 0 Å². The SMILES string of the molecule is O=C(c1ccc(C2CCCC2)[nH]c1=O)N1CCCCC1. The van der Waals surface area contributed by atoms with Gasteiger partial charge in [-0.15, -0.1) is 0 Å². The normalized spacial score (nSPS) is 20.3. The summed E-state index contributed by atoms with van der Waals surface area (Å²) < 4.78 is 0. The lowest BCUT2D eigenvalue weighted by Gasteiger charge is -2.26. The van der Waals surface area contributed by atoms with Gasteiger partial charge >= 0.3 is 0 Å². The van der Waals surface area contributed by atoms with Crippen LogP contribution in [0.2, 0.25) is 0 Å². The van der Waals surface area contributed by atoms with E-state index in [1.807, 2.05) is 11.0 Å². The quantitative estimate of drug-likeness (QED) is 0.901. The first-order valence-electron chi connectivity index (χ1n) is 7.78. The number of H-pyrrole nitrogens is 1. The summed E-state index contributed by atoms with van der Waals surface area (Å²) in [6, 6.07) is 3.66. The van der Waals surface area contributed by atoms with Gasteiger partial charge in [-0.25, -0.2) is 0 Å². The molecule has 1 aliphatic heterocycles. The Hall–Kier alpha value is -1.58. The number of aromatic amines is 1. The maximum absolute atomic E-state index is 12.4. The van der Waals surface area contributed by atoms with Crippen LogP contribution in [0.4, 0.5) is 0 Å². The zero-order chi connectivity index (χ0) is 13.9. The van der Waals surface area contributed by atoms with E-state index < -0.39 is 0 Å². The number of carbonyl (C=O) groups excluding carboxylic acids is 1. The summed E-state index contributed by atoms with van der Waals surface area (Å²) in [6.07, 6.45) is 8.04. The number of piperidine rings is 1. The van der Waals surface area contributed by atoms with Crippen LogP contribution < -0.4 is 5.56 Å². The fraction of sp³-hybridized carbons (Fsp3) is 0.625. The zero-order valence-electron chi connectivity index (χ0n) is 11.9. The topological polar surface area (TPSA) is 53.2 Å². The Morgan fingerprint density at radius 2 is 1.75 bits per heavy atom.